The van der Waals surface area contributed by atoms with E-state index < -0.39 is 0 Å². The second-order valence-electron chi connectivity index (χ2n) is 6.03. The number of methoxy groups -OCH3 is 1. The van der Waals surface area contributed by atoms with Gasteiger partial charge in [-0.3, -0.25) is 14.5 Å². The Morgan fingerprint density at radius 2 is 2.15 bits per heavy atom. The highest BCUT2D eigenvalue weighted by Crippen LogP contribution is 2.27. The average Bonchev–Trinajstić information content (AvgIpc) is 3.10. The van der Waals surface area contributed by atoms with Crippen LogP contribution in [0, 0.1) is 6.92 Å². The summed E-state index contributed by atoms with van der Waals surface area (Å²) in [6.07, 6.45) is 6.35. The number of aryl methyl sites for hydroxylation is 2. The number of aromatic nitrogens is 3. The number of carbonyl (C=O) groups is 1. The first kappa shape index (κ1) is 17.7. The molecule has 0 radical (unpaired) electrons. The van der Waals surface area contributed by atoms with Crippen molar-refractivity contribution in [3.05, 3.63) is 66.1 Å². The van der Waals surface area contributed by atoms with Crippen molar-refractivity contribution >= 4 is 5.91 Å². The predicted octanol–water partition coefficient (Wildman–Crippen LogP) is 3.08. The number of rotatable bonds is 7. The molecule has 3 rings (SSSR count). The second-order valence-corrected chi connectivity index (χ2v) is 6.03. The molecule has 0 fully saturated rings. The first-order valence-corrected chi connectivity index (χ1v) is 8.54. The second kappa shape index (κ2) is 8.29. The maximum absolute atomic E-state index is 12.4. The van der Waals surface area contributed by atoms with Gasteiger partial charge in [-0.1, -0.05) is 12.1 Å². The monoisotopic (exact) mass is 350 g/mol. The normalized spacial score (nSPS) is 10.5. The molecule has 0 bridgehead atoms. The Hall–Kier alpha value is -3.15. The molecule has 0 spiro atoms. The largest absolute Gasteiger partial charge is 0.494 e. The van der Waals surface area contributed by atoms with Gasteiger partial charge in [0.1, 0.15) is 11.4 Å². The highest BCUT2D eigenvalue weighted by Gasteiger charge is 2.10. The third-order valence-electron chi connectivity index (χ3n) is 4.00. The minimum atomic E-state index is -0.0987. The van der Waals surface area contributed by atoms with Gasteiger partial charge in [-0.15, -0.1) is 0 Å². The van der Waals surface area contributed by atoms with Crippen LogP contribution in [0.25, 0.3) is 11.3 Å². The standard InChI is InChI=1S/C20H22N4O2/c1-15-13-23-24(14-15)11-5-10-22-20(25)17-7-3-6-16(12-17)19-18(26-2)8-4-9-21-19/h3-4,6-9,12-14H,5,10-11H2,1-2H3,(H,22,25). The molecule has 6 heteroatoms. The molecule has 0 aliphatic rings. The maximum atomic E-state index is 12.4. The lowest BCUT2D eigenvalue weighted by Gasteiger charge is -2.09. The highest BCUT2D eigenvalue weighted by atomic mass is 16.5. The smallest absolute Gasteiger partial charge is 0.251 e. The number of benzene rings is 1. The lowest BCUT2D eigenvalue weighted by Crippen LogP contribution is -2.25. The quantitative estimate of drug-likeness (QED) is 0.665. The molecule has 2 aromatic heterocycles. The number of ether oxygens (including phenoxy) is 1. The molecule has 0 aliphatic carbocycles. The molecule has 0 saturated heterocycles. The molecule has 1 amide bonds. The molecule has 0 unspecified atom stereocenters. The molecule has 1 N–H and O–H groups in total. The van der Waals surface area contributed by atoms with Gasteiger partial charge in [0.05, 0.1) is 13.3 Å². The number of pyridine rings is 1. The van der Waals surface area contributed by atoms with Crippen molar-refractivity contribution in [1.29, 1.82) is 0 Å². The van der Waals surface area contributed by atoms with Gasteiger partial charge in [-0.05, 0) is 43.2 Å². The fourth-order valence-electron chi connectivity index (χ4n) is 2.71. The molecular weight excluding hydrogens is 328 g/mol. The Morgan fingerprint density at radius 3 is 2.92 bits per heavy atom. The summed E-state index contributed by atoms with van der Waals surface area (Å²) in [6.45, 7) is 3.38. The highest BCUT2D eigenvalue weighted by molar-refractivity contribution is 5.95. The lowest BCUT2D eigenvalue weighted by atomic mass is 10.1. The number of carbonyl (C=O) groups excluding carboxylic acids is 1. The third kappa shape index (κ3) is 4.27. The van der Waals surface area contributed by atoms with E-state index in [4.69, 9.17) is 4.74 Å². The summed E-state index contributed by atoms with van der Waals surface area (Å²) in [4.78, 5) is 16.8. The van der Waals surface area contributed by atoms with E-state index in [9.17, 15) is 4.79 Å². The fraction of sp³-hybridized carbons (Fsp3) is 0.250. The van der Waals surface area contributed by atoms with Crippen molar-refractivity contribution in [1.82, 2.24) is 20.1 Å². The first-order valence-electron chi connectivity index (χ1n) is 8.54. The van der Waals surface area contributed by atoms with Gasteiger partial charge >= 0.3 is 0 Å². The van der Waals surface area contributed by atoms with Crippen LogP contribution in [0.1, 0.15) is 22.3 Å². The van der Waals surface area contributed by atoms with E-state index >= 15 is 0 Å². The van der Waals surface area contributed by atoms with Crippen molar-refractivity contribution < 1.29 is 9.53 Å². The molecule has 0 atom stereocenters. The van der Waals surface area contributed by atoms with Crippen molar-refractivity contribution in [2.24, 2.45) is 0 Å². The Labute approximate surface area is 152 Å². The number of amides is 1. The SMILES string of the molecule is COc1cccnc1-c1cccc(C(=O)NCCCn2cc(C)cn2)c1. The van der Waals surface area contributed by atoms with E-state index in [2.05, 4.69) is 15.4 Å². The molecule has 0 saturated carbocycles. The van der Waals surface area contributed by atoms with Gasteiger partial charge in [-0.25, -0.2) is 0 Å². The molecule has 0 aliphatic heterocycles. The zero-order valence-corrected chi connectivity index (χ0v) is 15.0. The zero-order chi connectivity index (χ0) is 18.4. The van der Waals surface area contributed by atoms with E-state index in [1.807, 2.05) is 54.3 Å². The summed E-state index contributed by atoms with van der Waals surface area (Å²) in [5.74, 6) is 0.581. The van der Waals surface area contributed by atoms with Crippen LogP contribution in [0.3, 0.4) is 0 Å². The minimum absolute atomic E-state index is 0.0987. The summed E-state index contributed by atoms with van der Waals surface area (Å²) >= 11 is 0. The van der Waals surface area contributed by atoms with E-state index in [1.165, 1.54) is 0 Å². The molecule has 1 aromatic carbocycles. The van der Waals surface area contributed by atoms with E-state index in [0.29, 0.717) is 17.9 Å². The number of hydrogen-bond acceptors (Lipinski definition) is 4. The summed E-state index contributed by atoms with van der Waals surface area (Å²) in [5.41, 5.74) is 3.31. The van der Waals surface area contributed by atoms with Crippen molar-refractivity contribution in [2.45, 2.75) is 19.9 Å². The van der Waals surface area contributed by atoms with Gasteiger partial charge in [0.2, 0.25) is 0 Å². The van der Waals surface area contributed by atoms with Crippen LogP contribution in [0.4, 0.5) is 0 Å². The summed E-state index contributed by atoms with van der Waals surface area (Å²) in [7, 11) is 1.61. The molecule has 3 aromatic rings. The average molecular weight is 350 g/mol. The van der Waals surface area contributed by atoms with Crippen molar-refractivity contribution in [2.75, 3.05) is 13.7 Å². The summed E-state index contributed by atoms with van der Waals surface area (Å²) < 4.78 is 7.24. The van der Waals surface area contributed by atoms with Gasteiger partial charge in [0, 0.05) is 36.6 Å². The Morgan fingerprint density at radius 1 is 1.27 bits per heavy atom. The first-order chi connectivity index (χ1) is 12.7. The van der Waals surface area contributed by atoms with Gasteiger partial charge in [-0.2, -0.15) is 5.10 Å². The van der Waals surface area contributed by atoms with Crippen LogP contribution in [-0.4, -0.2) is 34.3 Å². The van der Waals surface area contributed by atoms with E-state index in [-0.39, 0.29) is 5.91 Å². The molecule has 2 heterocycles. The number of nitrogens with zero attached hydrogens (tertiary/aromatic N) is 3. The Balaban J connectivity index is 1.61. The Bertz CT molecular complexity index is 889. The topological polar surface area (TPSA) is 69.0 Å². The molecule has 134 valence electrons. The zero-order valence-electron chi connectivity index (χ0n) is 15.0. The fourth-order valence-corrected chi connectivity index (χ4v) is 2.71. The van der Waals surface area contributed by atoms with E-state index in [0.717, 1.165) is 29.8 Å². The molecular formula is C20H22N4O2. The third-order valence-corrected chi connectivity index (χ3v) is 4.00. The van der Waals surface area contributed by atoms with Crippen LogP contribution in [0.15, 0.2) is 55.0 Å². The summed E-state index contributed by atoms with van der Waals surface area (Å²) in [5, 5.41) is 7.19. The van der Waals surface area contributed by atoms with Crippen LogP contribution in [-0.2, 0) is 6.54 Å². The van der Waals surface area contributed by atoms with Gasteiger partial charge in [0.15, 0.2) is 0 Å². The van der Waals surface area contributed by atoms with Crippen molar-refractivity contribution in [3.63, 3.8) is 0 Å². The van der Waals surface area contributed by atoms with Gasteiger partial charge in [0.25, 0.3) is 5.91 Å². The van der Waals surface area contributed by atoms with Crippen LogP contribution >= 0.6 is 0 Å². The Kier molecular flexibility index (Phi) is 5.63. The number of nitrogens with one attached hydrogen (secondary N) is 1. The summed E-state index contributed by atoms with van der Waals surface area (Å²) in [6, 6.07) is 11.1. The molecule has 6 nitrogen and oxygen atoms in total. The molecule has 26 heavy (non-hydrogen) atoms. The van der Waals surface area contributed by atoms with Crippen LogP contribution in [0.5, 0.6) is 5.75 Å². The van der Waals surface area contributed by atoms with E-state index in [1.54, 1.807) is 19.4 Å². The van der Waals surface area contributed by atoms with Crippen molar-refractivity contribution in [3.8, 4) is 17.0 Å². The minimum Gasteiger partial charge on any atom is -0.494 e. The van der Waals surface area contributed by atoms with Crippen LogP contribution in [0.2, 0.25) is 0 Å². The lowest BCUT2D eigenvalue weighted by molar-refractivity contribution is 0.0952. The predicted molar refractivity (Wildman–Crippen MR) is 100 cm³/mol. The van der Waals surface area contributed by atoms with Crippen LogP contribution < -0.4 is 10.1 Å². The number of hydrogen-bond donors (Lipinski definition) is 1. The maximum Gasteiger partial charge on any atom is 0.251 e. The van der Waals surface area contributed by atoms with Gasteiger partial charge < -0.3 is 10.1 Å².